The smallest absolute Gasteiger partial charge is 0.0414 e. The van der Waals surface area contributed by atoms with Gasteiger partial charge in [0.15, 0.2) is 0 Å². The maximum Gasteiger partial charge on any atom is 0.0414 e. The SMILES string of the molecule is CCCCCC/C=C/CCCCCCCC(=O)[O-]. The van der Waals surface area contributed by atoms with Gasteiger partial charge in [0.05, 0.1) is 0 Å². The van der Waals surface area contributed by atoms with Gasteiger partial charge >= 0.3 is 0 Å². The van der Waals surface area contributed by atoms with Gasteiger partial charge in [-0.15, -0.1) is 0 Å². The van der Waals surface area contributed by atoms with Crippen LogP contribution in [0.5, 0.6) is 0 Å². The van der Waals surface area contributed by atoms with E-state index in [0.717, 1.165) is 19.3 Å². The second-order valence-electron chi connectivity index (χ2n) is 5.00. The van der Waals surface area contributed by atoms with Crippen LogP contribution in [0.1, 0.15) is 84.0 Å². The molecule has 2 nitrogen and oxygen atoms in total. The third-order valence-corrected chi connectivity index (χ3v) is 3.14. The van der Waals surface area contributed by atoms with Gasteiger partial charge in [-0.1, -0.05) is 57.6 Å². The van der Waals surface area contributed by atoms with Crippen molar-refractivity contribution in [2.45, 2.75) is 84.0 Å². The molecule has 0 N–H and O–H groups in total. The van der Waals surface area contributed by atoms with Crippen molar-refractivity contribution in [3.63, 3.8) is 0 Å². The Morgan fingerprint density at radius 1 is 0.833 bits per heavy atom. The van der Waals surface area contributed by atoms with E-state index in [9.17, 15) is 9.90 Å². The monoisotopic (exact) mass is 253 g/mol. The fraction of sp³-hybridized carbons (Fsp3) is 0.812. The molecule has 0 aliphatic rings. The lowest BCUT2D eigenvalue weighted by Gasteiger charge is -2.01. The second-order valence-corrected chi connectivity index (χ2v) is 5.00. The first-order chi connectivity index (χ1) is 8.77. The number of carbonyl (C=O) groups excluding carboxylic acids is 1. The fourth-order valence-corrected chi connectivity index (χ4v) is 1.99. The fourth-order valence-electron chi connectivity index (χ4n) is 1.99. The van der Waals surface area contributed by atoms with Gasteiger partial charge in [0.2, 0.25) is 0 Å². The molecule has 0 amide bonds. The summed E-state index contributed by atoms with van der Waals surface area (Å²) in [6.45, 7) is 2.24. The standard InChI is InChI=1S/C16H30O2/c1-2-3-4-5-6-7-8-9-10-11-12-13-14-15-16(17)18/h7-8H,2-6,9-15H2,1H3,(H,17,18)/p-1/b8-7+. The van der Waals surface area contributed by atoms with E-state index in [1.165, 1.54) is 51.4 Å². The first-order valence-electron chi connectivity index (χ1n) is 7.62. The zero-order valence-electron chi connectivity index (χ0n) is 12.0. The van der Waals surface area contributed by atoms with Gasteiger partial charge in [-0.3, -0.25) is 0 Å². The zero-order chi connectivity index (χ0) is 13.5. The maximum atomic E-state index is 10.2. The van der Waals surface area contributed by atoms with Crippen LogP contribution in [0.2, 0.25) is 0 Å². The van der Waals surface area contributed by atoms with Crippen molar-refractivity contribution in [1.29, 1.82) is 0 Å². The van der Waals surface area contributed by atoms with Crippen molar-refractivity contribution in [3.8, 4) is 0 Å². The molecular weight excluding hydrogens is 224 g/mol. The predicted octanol–water partition coefficient (Wildman–Crippen LogP) is 3.99. The van der Waals surface area contributed by atoms with Gasteiger partial charge in [-0.2, -0.15) is 0 Å². The lowest BCUT2D eigenvalue weighted by Crippen LogP contribution is -2.21. The summed E-state index contributed by atoms with van der Waals surface area (Å²) in [6, 6.07) is 0. The number of carboxylic acids is 1. The minimum Gasteiger partial charge on any atom is -0.550 e. The Morgan fingerprint density at radius 2 is 1.33 bits per heavy atom. The number of aliphatic carboxylic acids is 1. The predicted molar refractivity (Wildman–Crippen MR) is 75.2 cm³/mol. The van der Waals surface area contributed by atoms with E-state index in [4.69, 9.17) is 0 Å². The molecule has 2 heteroatoms. The van der Waals surface area contributed by atoms with Gasteiger partial charge in [0.1, 0.15) is 0 Å². The largest absolute Gasteiger partial charge is 0.550 e. The molecule has 0 unspecified atom stereocenters. The Hall–Kier alpha value is -0.790. The minimum atomic E-state index is -0.916. The third kappa shape index (κ3) is 15.2. The quantitative estimate of drug-likeness (QED) is 0.368. The van der Waals surface area contributed by atoms with E-state index in [2.05, 4.69) is 19.1 Å². The Balaban J connectivity index is 3.06. The van der Waals surface area contributed by atoms with E-state index < -0.39 is 5.97 Å². The van der Waals surface area contributed by atoms with Crippen LogP contribution >= 0.6 is 0 Å². The highest BCUT2D eigenvalue weighted by atomic mass is 16.4. The van der Waals surface area contributed by atoms with Gasteiger partial charge in [-0.05, 0) is 38.5 Å². The molecule has 0 fully saturated rings. The molecule has 0 rings (SSSR count). The van der Waals surface area contributed by atoms with Crippen LogP contribution < -0.4 is 5.11 Å². The third-order valence-electron chi connectivity index (χ3n) is 3.14. The lowest BCUT2D eigenvalue weighted by molar-refractivity contribution is -0.305. The summed E-state index contributed by atoms with van der Waals surface area (Å²) in [5, 5.41) is 10.2. The second kappa shape index (κ2) is 14.3. The molecule has 0 atom stereocenters. The molecule has 0 heterocycles. The summed E-state index contributed by atoms with van der Waals surface area (Å²) in [5.74, 6) is -0.916. The summed E-state index contributed by atoms with van der Waals surface area (Å²) in [5.41, 5.74) is 0. The number of unbranched alkanes of at least 4 members (excludes halogenated alkanes) is 9. The average molecular weight is 253 g/mol. The van der Waals surface area contributed by atoms with Crippen molar-refractivity contribution in [2.75, 3.05) is 0 Å². The highest BCUT2D eigenvalue weighted by Crippen LogP contribution is 2.08. The number of carbonyl (C=O) groups is 1. The molecule has 0 saturated heterocycles. The van der Waals surface area contributed by atoms with Gasteiger partial charge in [-0.25, -0.2) is 0 Å². The maximum absolute atomic E-state index is 10.2. The zero-order valence-corrected chi connectivity index (χ0v) is 12.0. The van der Waals surface area contributed by atoms with Crippen LogP contribution in [0.4, 0.5) is 0 Å². The van der Waals surface area contributed by atoms with E-state index in [-0.39, 0.29) is 6.42 Å². The van der Waals surface area contributed by atoms with Crippen LogP contribution in [-0.2, 0) is 4.79 Å². The van der Waals surface area contributed by atoms with Gasteiger partial charge < -0.3 is 9.90 Å². The molecule has 18 heavy (non-hydrogen) atoms. The summed E-state index contributed by atoms with van der Waals surface area (Å²) in [4.78, 5) is 10.2. The lowest BCUT2D eigenvalue weighted by atomic mass is 10.1. The Bertz CT molecular complexity index is 209. The molecule has 0 radical (unpaired) electrons. The number of allylic oxidation sites excluding steroid dienone is 2. The van der Waals surface area contributed by atoms with E-state index in [0.29, 0.717) is 0 Å². The minimum absolute atomic E-state index is 0.220. The topological polar surface area (TPSA) is 40.1 Å². The van der Waals surface area contributed by atoms with E-state index in [1.807, 2.05) is 0 Å². The van der Waals surface area contributed by atoms with Crippen molar-refractivity contribution in [1.82, 2.24) is 0 Å². The van der Waals surface area contributed by atoms with Crippen molar-refractivity contribution >= 4 is 5.97 Å². The molecule has 0 aliphatic heterocycles. The number of rotatable bonds is 13. The summed E-state index contributed by atoms with van der Waals surface area (Å²) < 4.78 is 0. The molecule has 106 valence electrons. The summed E-state index contributed by atoms with van der Waals surface area (Å²) in [7, 11) is 0. The number of hydrogen-bond donors (Lipinski definition) is 0. The molecule has 0 aliphatic carbocycles. The molecule has 0 spiro atoms. The molecule has 0 aromatic rings. The molecule has 0 aromatic heterocycles. The number of carboxylic acid groups (broad SMARTS) is 1. The van der Waals surface area contributed by atoms with E-state index in [1.54, 1.807) is 0 Å². The van der Waals surface area contributed by atoms with Gasteiger partial charge in [0, 0.05) is 5.97 Å². The molecule has 0 aromatic carbocycles. The van der Waals surface area contributed by atoms with Crippen molar-refractivity contribution in [2.24, 2.45) is 0 Å². The first kappa shape index (κ1) is 17.2. The first-order valence-corrected chi connectivity index (χ1v) is 7.62. The molecule has 0 saturated carbocycles. The normalized spacial score (nSPS) is 11.2. The van der Waals surface area contributed by atoms with Crippen LogP contribution in [0.25, 0.3) is 0 Å². The Morgan fingerprint density at radius 3 is 1.89 bits per heavy atom. The van der Waals surface area contributed by atoms with Crippen LogP contribution in [0, 0.1) is 0 Å². The highest BCUT2D eigenvalue weighted by Gasteiger charge is 1.91. The van der Waals surface area contributed by atoms with Crippen LogP contribution in [0.15, 0.2) is 12.2 Å². The summed E-state index contributed by atoms with van der Waals surface area (Å²) >= 11 is 0. The Labute approximate surface area is 112 Å². The number of hydrogen-bond acceptors (Lipinski definition) is 2. The molecule has 0 bridgehead atoms. The van der Waals surface area contributed by atoms with Crippen LogP contribution in [-0.4, -0.2) is 5.97 Å². The van der Waals surface area contributed by atoms with Gasteiger partial charge in [0.25, 0.3) is 0 Å². The van der Waals surface area contributed by atoms with E-state index >= 15 is 0 Å². The molecular formula is C16H29O2-. The Kier molecular flexibility index (Phi) is 13.6. The van der Waals surface area contributed by atoms with Crippen molar-refractivity contribution < 1.29 is 9.90 Å². The average Bonchev–Trinajstić information content (AvgIpc) is 2.34. The summed E-state index contributed by atoms with van der Waals surface area (Å²) in [6.07, 6.45) is 18.0. The van der Waals surface area contributed by atoms with Crippen molar-refractivity contribution in [3.05, 3.63) is 12.2 Å². The van der Waals surface area contributed by atoms with Crippen LogP contribution in [0.3, 0.4) is 0 Å². The highest BCUT2D eigenvalue weighted by molar-refractivity contribution is 5.63.